The van der Waals surface area contributed by atoms with E-state index in [1.165, 1.54) is 0 Å². The van der Waals surface area contributed by atoms with Crippen LogP contribution < -0.4 is 5.32 Å². The molecule has 0 saturated carbocycles. The summed E-state index contributed by atoms with van der Waals surface area (Å²) in [5.41, 5.74) is 0. The van der Waals surface area contributed by atoms with Crippen molar-refractivity contribution in [3.8, 4) is 0 Å². The van der Waals surface area contributed by atoms with Gasteiger partial charge in [0.05, 0.1) is 19.3 Å². The third-order valence-electron chi connectivity index (χ3n) is 3.11. The number of nitrogens with zero attached hydrogens (tertiary/aromatic N) is 1. The average Bonchev–Trinajstić information content (AvgIpc) is 2.28. The first-order chi connectivity index (χ1) is 9.78. The summed E-state index contributed by atoms with van der Waals surface area (Å²) in [6.45, 7) is 19.1. The van der Waals surface area contributed by atoms with Gasteiger partial charge in [-0.25, -0.2) is 0 Å². The fraction of sp³-hybridized carbons (Fsp3) is 0.929. The highest BCUT2D eigenvalue weighted by Crippen LogP contribution is 2.19. The minimum Gasteiger partial charge on any atom is -0.437 e. The predicted molar refractivity (Wildman–Crippen MR) is 100 cm³/mol. The summed E-state index contributed by atoms with van der Waals surface area (Å²) >= 11 is 0. The van der Waals surface area contributed by atoms with Crippen LogP contribution in [0.15, 0.2) is 0 Å². The summed E-state index contributed by atoms with van der Waals surface area (Å²) in [5.74, 6) is 0.207. The van der Waals surface area contributed by atoms with Gasteiger partial charge >= 0.3 is 8.56 Å². The van der Waals surface area contributed by atoms with Crippen molar-refractivity contribution >= 4 is 31.1 Å². The van der Waals surface area contributed by atoms with Gasteiger partial charge in [-0.3, -0.25) is 4.79 Å². The molecule has 132 valence electrons. The SMILES string of the molecule is CCC(=O)N(C)CC[NH2+]C[Si](C)(C)O[Si](C)(C)O[Si](C)(C)C. The molecule has 0 aromatic rings. The molecule has 0 aliphatic carbocycles. The van der Waals surface area contributed by atoms with Crippen LogP contribution in [0.5, 0.6) is 0 Å². The van der Waals surface area contributed by atoms with Crippen molar-refractivity contribution in [3.63, 3.8) is 0 Å². The summed E-state index contributed by atoms with van der Waals surface area (Å²) in [7, 11) is -3.47. The van der Waals surface area contributed by atoms with Gasteiger partial charge in [-0.1, -0.05) is 6.92 Å². The van der Waals surface area contributed by atoms with Gasteiger partial charge < -0.3 is 18.4 Å². The molecule has 0 atom stereocenters. The number of rotatable bonds is 10. The van der Waals surface area contributed by atoms with E-state index in [9.17, 15) is 4.79 Å². The van der Waals surface area contributed by atoms with Crippen molar-refractivity contribution in [2.45, 2.75) is 59.2 Å². The first-order valence-electron chi connectivity index (χ1n) is 8.24. The summed E-state index contributed by atoms with van der Waals surface area (Å²) in [6.07, 6.45) is 1.58. The smallest absolute Gasteiger partial charge is 0.311 e. The summed E-state index contributed by atoms with van der Waals surface area (Å²) < 4.78 is 12.7. The van der Waals surface area contributed by atoms with Gasteiger partial charge in [0.1, 0.15) is 0 Å². The second-order valence-electron chi connectivity index (χ2n) is 7.93. The fourth-order valence-electron chi connectivity index (χ4n) is 2.59. The number of quaternary nitrogens is 1. The quantitative estimate of drug-likeness (QED) is 0.474. The van der Waals surface area contributed by atoms with Crippen molar-refractivity contribution in [3.05, 3.63) is 0 Å². The maximum absolute atomic E-state index is 11.5. The van der Waals surface area contributed by atoms with E-state index in [0.717, 1.165) is 19.3 Å². The molecular formula is C14H37N2O3Si3+. The molecule has 0 fully saturated rings. The Labute approximate surface area is 140 Å². The van der Waals surface area contributed by atoms with Crippen LogP contribution in [0, 0.1) is 0 Å². The molecule has 22 heavy (non-hydrogen) atoms. The van der Waals surface area contributed by atoms with Crippen LogP contribution in [-0.2, 0) is 13.0 Å². The van der Waals surface area contributed by atoms with Crippen LogP contribution in [0.3, 0.4) is 0 Å². The predicted octanol–water partition coefficient (Wildman–Crippen LogP) is 1.73. The summed E-state index contributed by atoms with van der Waals surface area (Å²) in [6, 6.07) is 0. The van der Waals surface area contributed by atoms with Gasteiger partial charge in [0.15, 0.2) is 8.32 Å². The van der Waals surface area contributed by atoms with Crippen LogP contribution >= 0.6 is 0 Å². The topological polar surface area (TPSA) is 55.4 Å². The number of hydrogen-bond acceptors (Lipinski definition) is 3. The minimum atomic E-state index is -2.04. The zero-order valence-corrected chi connectivity index (χ0v) is 19.1. The lowest BCUT2D eigenvalue weighted by atomic mass is 10.4. The molecule has 0 rings (SSSR count). The number of carbonyl (C=O) groups excluding carboxylic acids is 1. The number of carbonyl (C=O) groups is 1. The fourth-order valence-corrected chi connectivity index (χ4v) is 15.6. The number of hydrogen-bond donors (Lipinski definition) is 1. The normalized spacial score (nSPS) is 13.3. The summed E-state index contributed by atoms with van der Waals surface area (Å²) in [5, 5.41) is 2.28. The molecule has 2 N–H and O–H groups in total. The Morgan fingerprint density at radius 1 is 1.05 bits per heavy atom. The molecule has 0 spiro atoms. The highest BCUT2D eigenvalue weighted by Gasteiger charge is 2.39. The van der Waals surface area contributed by atoms with Crippen molar-refractivity contribution < 1.29 is 18.3 Å². The third kappa shape index (κ3) is 10.7. The molecule has 0 aliphatic rings. The second-order valence-corrected chi connectivity index (χ2v) is 20.5. The molecule has 0 unspecified atom stereocenters. The van der Waals surface area contributed by atoms with Crippen molar-refractivity contribution in [2.24, 2.45) is 0 Å². The lowest BCUT2D eigenvalue weighted by molar-refractivity contribution is -0.640. The van der Waals surface area contributed by atoms with E-state index >= 15 is 0 Å². The molecule has 8 heteroatoms. The molecular weight excluding hydrogens is 328 g/mol. The highest BCUT2D eigenvalue weighted by molar-refractivity contribution is 6.87. The van der Waals surface area contributed by atoms with Crippen molar-refractivity contribution in [1.82, 2.24) is 4.90 Å². The van der Waals surface area contributed by atoms with E-state index in [1.807, 2.05) is 14.0 Å². The lowest BCUT2D eigenvalue weighted by Crippen LogP contribution is -2.90. The van der Waals surface area contributed by atoms with Crippen LogP contribution in [0.1, 0.15) is 13.3 Å². The van der Waals surface area contributed by atoms with Gasteiger partial charge in [-0.05, 0) is 45.8 Å². The zero-order valence-electron chi connectivity index (χ0n) is 16.1. The lowest BCUT2D eigenvalue weighted by Gasteiger charge is -2.36. The Morgan fingerprint density at radius 2 is 1.59 bits per heavy atom. The van der Waals surface area contributed by atoms with Crippen molar-refractivity contribution in [2.75, 3.05) is 26.3 Å². The monoisotopic (exact) mass is 365 g/mol. The van der Waals surface area contributed by atoms with Crippen LogP contribution in [0.2, 0.25) is 45.8 Å². The highest BCUT2D eigenvalue weighted by atomic mass is 28.5. The molecule has 0 bridgehead atoms. The number of nitrogens with two attached hydrogens (primary N) is 1. The Bertz CT molecular complexity index is 358. The van der Waals surface area contributed by atoms with E-state index in [-0.39, 0.29) is 5.91 Å². The van der Waals surface area contributed by atoms with E-state index < -0.39 is 25.2 Å². The maximum atomic E-state index is 11.5. The van der Waals surface area contributed by atoms with Crippen molar-refractivity contribution in [1.29, 1.82) is 0 Å². The Morgan fingerprint density at radius 3 is 2.05 bits per heavy atom. The molecule has 0 saturated heterocycles. The molecule has 0 aliphatic heterocycles. The van der Waals surface area contributed by atoms with E-state index in [4.69, 9.17) is 8.23 Å². The molecule has 5 nitrogen and oxygen atoms in total. The largest absolute Gasteiger partial charge is 0.437 e. The minimum absolute atomic E-state index is 0.207. The van der Waals surface area contributed by atoms with Gasteiger partial charge in [0.25, 0.3) is 0 Å². The second kappa shape index (κ2) is 8.74. The Hall–Kier alpha value is 0.000649. The first-order valence-corrected chi connectivity index (χ1v) is 17.6. The van der Waals surface area contributed by atoms with E-state index in [2.05, 4.69) is 51.1 Å². The Kier molecular flexibility index (Phi) is 8.74. The van der Waals surface area contributed by atoms with Gasteiger partial charge in [-0.15, -0.1) is 0 Å². The van der Waals surface area contributed by atoms with Crippen LogP contribution in [-0.4, -0.2) is 62.3 Å². The molecule has 0 radical (unpaired) electrons. The zero-order chi connectivity index (χ0) is 17.6. The van der Waals surface area contributed by atoms with Gasteiger partial charge in [-0.2, -0.15) is 0 Å². The Balaban J connectivity index is 4.22. The molecule has 1 amide bonds. The van der Waals surface area contributed by atoms with Gasteiger partial charge in [0, 0.05) is 13.5 Å². The van der Waals surface area contributed by atoms with Crippen LogP contribution in [0.25, 0.3) is 0 Å². The maximum Gasteiger partial charge on any atom is 0.311 e. The third-order valence-corrected chi connectivity index (χ3v) is 13.0. The average molecular weight is 366 g/mol. The van der Waals surface area contributed by atoms with Gasteiger partial charge in [0.2, 0.25) is 14.2 Å². The van der Waals surface area contributed by atoms with Crippen LogP contribution in [0.4, 0.5) is 0 Å². The standard InChI is InChI=1S/C14H36N2O3Si3/c1-10-14(17)16(2)12-11-15-13-21(6,7)19-22(8,9)18-20(3,4)5/h15H,10-13H2,1-9H3/p+1. The molecule has 0 aromatic carbocycles. The molecule has 0 heterocycles. The number of amides is 1. The summed E-state index contributed by atoms with van der Waals surface area (Å²) in [4.78, 5) is 13.3. The number of likely N-dealkylation sites (N-methyl/N-ethyl adjacent to an activating group) is 1. The first kappa shape index (κ1) is 22.0. The van der Waals surface area contributed by atoms with E-state index in [1.54, 1.807) is 4.90 Å². The molecule has 0 aromatic heterocycles. The van der Waals surface area contributed by atoms with E-state index in [0.29, 0.717) is 6.42 Å².